The van der Waals surface area contributed by atoms with Gasteiger partial charge in [0.25, 0.3) is 0 Å². The molecule has 12 heavy (non-hydrogen) atoms. The average molecular weight is 166 g/mol. The van der Waals surface area contributed by atoms with Crippen molar-refractivity contribution >= 4 is 12.6 Å². The molecule has 0 unspecified atom stereocenters. The zero-order chi connectivity index (χ0) is 8.97. The highest BCUT2D eigenvalue weighted by atomic mass is 16.5. The van der Waals surface area contributed by atoms with Gasteiger partial charge in [-0.1, -0.05) is 12.1 Å². The molecular formula is C8H11BO3. The van der Waals surface area contributed by atoms with Crippen LogP contribution in [0.15, 0.2) is 24.3 Å². The first kappa shape index (κ1) is 9.10. The highest BCUT2D eigenvalue weighted by Gasteiger charge is 2.13. The predicted molar refractivity (Wildman–Crippen MR) is 47.6 cm³/mol. The van der Waals surface area contributed by atoms with Crippen LogP contribution in [0.1, 0.15) is 0 Å². The van der Waals surface area contributed by atoms with Gasteiger partial charge in [-0.2, -0.15) is 0 Å². The van der Waals surface area contributed by atoms with Crippen LogP contribution in [0.3, 0.4) is 0 Å². The fourth-order valence-electron chi connectivity index (χ4n) is 0.905. The minimum atomic E-state index is -0.851. The molecule has 64 valence electrons. The van der Waals surface area contributed by atoms with Crippen LogP contribution in [-0.2, 0) is 4.65 Å². The van der Waals surface area contributed by atoms with Gasteiger partial charge in [-0.05, 0) is 17.6 Å². The molecule has 3 nitrogen and oxygen atoms in total. The summed E-state index contributed by atoms with van der Waals surface area (Å²) in [7, 11) is 2.20. The average Bonchev–Trinajstić information content (AvgIpc) is 2.17. The maximum Gasteiger partial charge on any atom is 0.490 e. The van der Waals surface area contributed by atoms with Gasteiger partial charge in [0.1, 0.15) is 5.75 Å². The molecule has 1 aromatic carbocycles. The van der Waals surface area contributed by atoms with Gasteiger partial charge in [0.05, 0.1) is 7.11 Å². The zero-order valence-corrected chi connectivity index (χ0v) is 7.15. The van der Waals surface area contributed by atoms with Crippen molar-refractivity contribution in [1.82, 2.24) is 0 Å². The molecule has 1 rings (SSSR count). The molecule has 0 aliphatic heterocycles. The molecule has 0 bridgehead atoms. The van der Waals surface area contributed by atoms with Gasteiger partial charge in [0, 0.05) is 7.11 Å². The second-order valence-electron chi connectivity index (χ2n) is 2.36. The summed E-state index contributed by atoms with van der Waals surface area (Å²) in [6.07, 6.45) is 0. The third-order valence-corrected chi connectivity index (χ3v) is 1.62. The maximum atomic E-state index is 9.23. The number of hydrogen-bond donors (Lipinski definition) is 1. The molecule has 0 saturated carbocycles. The molecule has 4 heteroatoms. The Morgan fingerprint density at radius 2 is 1.75 bits per heavy atom. The van der Waals surface area contributed by atoms with Gasteiger partial charge in [0.2, 0.25) is 0 Å². The highest BCUT2D eigenvalue weighted by molar-refractivity contribution is 6.59. The van der Waals surface area contributed by atoms with Gasteiger partial charge in [0.15, 0.2) is 0 Å². The lowest BCUT2D eigenvalue weighted by Gasteiger charge is -2.04. The van der Waals surface area contributed by atoms with Crippen molar-refractivity contribution in [3.8, 4) is 5.75 Å². The number of benzene rings is 1. The molecule has 0 heterocycles. The Hall–Kier alpha value is -0.995. The van der Waals surface area contributed by atoms with E-state index in [1.54, 1.807) is 31.4 Å². The van der Waals surface area contributed by atoms with Crippen molar-refractivity contribution in [1.29, 1.82) is 0 Å². The summed E-state index contributed by atoms with van der Waals surface area (Å²) in [5.74, 6) is 0.766. The number of hydrogen-bond acceptors (Lipinski definition) is 3. The summed E-state index contributed by atoms with van der Waals surface area (Å²) in [5, 5.41) is 9.23. The molecule has 0 radical (unpaired) electrons. The lowest BCUT2D eigenvalue weighted by atomic mass is 9.80. The topological polar surface area (TPSA) is 38.7 Å². The molecule has 0 atom stereocenters. The van der Waals surface area contributed by atoms with Crippen LogP contribution < -0.4 is 10.2 Å². The Kier molecular flexibility index (Phi) is 3.14. The molecule has 0 aliphatic rings. The van der Waals surface area contributed by atoms with Gasteiger partial charge in [-0.15, -0.1) is 0 Å². The summed E-state index contributed by atoms with van der Waals surface area (Å²) in [6.45, 7) is 0. The van der Waals surface area contributed by atoms with Crippen molar-refractivity contribution in [2.75, 3.05) is 14.2 Å². The van der Waals surface area contributed by atoms with Crippen molar-refractivity contribution in [2.24, 2.45) is 0 Å². The minimum Gasteiger partial charge on any atom is -0.497 e. The third-order valence-electron chi connectivity index (χ3n) is 1.62. The van der Waals surface area contributed by atoms with E-state index in [0.29, 0.717) is 0 Å². The lowest BCUT2D eigenvalue weighted by molar-refractivity contribution is 0.341. The van der Waals surface area contributed by atoms with Gasteiger partial charge >= 0.3 is 7.12 Å². The summed E-state index contributed by atoms with van der Waals surface area (Å²) >= 11 is 0. The normalized spacial score (nSPS) is 9.58. The first-order valence-corrected chi connectivity index (χ1v) is 3.62. The Labute approximate surface area is 72.1 Å². The summed E-state index contributed by atoms with van der Waals surface area (Å²) in [4.78, 5) is 0. The lowest BCUT2D eigenvalue weighted by Crippen LogP contribution is -2.31. The van der Waals surface area contributed by atoms with E-state index in [-0.39, 0.29) is 0 Å². The Bertz CT molecular complexity index is 235. The number of rotatable bonds is 3. The van der Waals surface area contributed by atoms with Gasteiger partial charge < -0.3 is 14.4 Å². The first-order chi connectivity index (χ1) is 5.77. The third kappa shape index (κ3) is 2.00. The second kappa shape index (κ2) is 4.14. The predicted octanol–water partition coefficient (Wildman–Crippen LogP) is 0.0291. The van der Waals surface area contributed by atoms with Crippen LogP contribution in [0.25, 0.3) is 0 Å². The van der Waals surface area contributed by atoms with E-state index in [0.717, 1.165) is 11.2 Å². The summed E-state index contributed by atoms with van der Waals surface area (Å²) in [6, 6.07) is 7.06. The molecule has 1 N–H and O–H groups in total. The quantitative estimate of drug-likeness (QED) is 0.643. The van der Waals surface area contributed by atoms with Crippen molar-refractivity contribution < 1.29 is 14.4 Å². The smallest absolute Gasteiger partial charge is 0.490 e. The molecule has 0 aromatic heterocycles. The molecule has 0 fully saturated rings. The fraction of sp³-hybridized carbons (Fsp3) is 0.250. The number of ether oxygens (including phenoxy) is 1. The van der Waals surface area contributed by atoms with Gasteiger partial charge in [-0.3, -0.25) is 0 Å². The fourth-order valence-corrected chi connectivity index (χ4v) is 0.905. The van der Waals surface area contributed by atoms with E-state index in [9.17, 15) is 5.02 Å². The minimum absolute atomic E-state index is 0.721. The van der Waals surface area contributed by atoms with Crippen molar-refractivity contribution in [2.45, 2.75) is 0 Å². The first-order valence-electron chi connectivity index (χ1n) is 3.62. The summed E-state index contributed by atoms with van der Waals surface area (Å²) in [5.41, 5.74) is 0.721. The SMILES string of the molecule is COB(O)c1ccc(OC)cc1. The Morgan fingerprint density at radius 1 is 1.17 bits per heavy atom. The van der Waals surface area contributed by atoms with Gasteiger partial charge in [-0.25, -0.2) is 0 Å². The Balaban J connectivity index is 2.77. The van der Waals surface area contributed by atoms with Crippen molar-refractivity contribution in [3.63, 3.8) is 0 Å². The molecule has 0 amide bonds. The molecule has 0 saturated heterocycles. The van der Waals surface area contributed by atoms with Crippen LogP contribution in [0.2, 0.25) is 0 Å². The Morgan fingerprint density at radius 3 is 2.17 bits per heavy atom. The highest BCUT2D eigenvalue weighted by Crippen LogP contribution is 2.05. The van der Waals surface area contributed by atoms with E-state index < -0.39 is 7.12 Å². The van der Waals surface area contributed by atoms with Crippen LogP contribution in [0, 0.1) is 0 Å². The maximum absolute atomic E-state index is 9.23. The van der Waals surface area contributed by atoms with E-state index >= 15 is 0 Å². The van der Waals surface area contributed by atoms with Crippen LogP contribution >= 0.6 is 0 Å². The van der Waals surface area contributed by atoms with E-state index in [4.69, 9.17) is 9.39 Å². The molecule has 0 aliphatic carbocycles. The van der Waals surface area contributed by atoms with Crippen molar-refractivity contribution in [3.05, 3.63) is 24.3 Å². The number of methoxy groups -OCH3 is 1. The van der Waals surface area contributed by atoms with Crippen LogP contribution in [-0.4, -0.2) is 26.4 Å². The van der Waals surface area contributed by atoms with Crippen LogP contribution in [0.5, 0.6) is 5.75 Å². The monoisotopic (exact) mass is 166 g/mol. The standard InChI is InChI=1S/C8H11BO3/c1-11-8-5-3-7(4-6-8)9(10)12-2/h3-6,10H,1-2H3. The van der Waals surface area contributed by atoms with E-state index in [1.165, 1.54) is 7.11 Å². The van der Waals surface area contributed by atoms with E-state index in [2.05, 4.69) is 0 Å². The summed E-state index contributed by atoms with van der Waals surface area (Å²) < 4.78 is 9.68. The zero-order valence-electron chi connectivity index (χ0n) is 7.15. The molecule has 0 spiro atoms. The van der Waals surface area contributed by atoms with Crippen LogP contribution in [0.4, 0.5) is 0 Å². The van der Waals surface area contributed by atoms with E-state index in [1.807, 2.05) is 0 Å². The molecule has 1 aromatic rings. The second-order valence-corrected chi connectivity index (χ2v) is 2.36. The molecular weight excluding hydrogens is 155 g/mol. The largest absolute Gasteiger partial charge is 0.497 e.